The largest absolute Gasteiger partial charge is 0.493 e. The van der Waals surface area contributed by atoms with Crippen LogP contribution in [-0.2, 0) is 4.79 Å². The minimum atomic E-state index is -0.523. The number of benzene rings is 3. The molecule has 5 aromatic rings. The fourth-order valence-electron chi connectivity index (χ4n) is 3.79. The molecule has 0 unspecified atom stereocenters. The summed E-state index contributed by atoms with van der Waals surface area (Å²) in [6.45, 7) is -0.0636. The smallest absolute Gasteiger partial charge is 0.273 e. The van der Waals surface area contributed by atoms with E-state index in [0.717, 1.165) is 15.9 Å². The zero-order valence-electron chi connectivity index (χ0n) is 20.6. The second-order valence-corrected chi connectivity index (χ2v) is 9.11. The van der Waals surface area contributed by atoms with Gasteiger partial charge in [0.2, 0.25) is 0 Å². The molecule has 192 valence electrons. The van der Waals surface area contributed by atoms with E-state index in [9.17, 15) is 9.59 Å². The maximum Gasteiger partial charge on any atom is 0.273 e. The van der Waals surface area contributed by atoms with Crippen LogP contribution in [0.3, 0.4) is 0 Å². The van der Waals surface area contributed by atoms with E-state index in [2.05, 4.69) is 26.3 Å². The number of amides is 2. The van der Waals surface area contributed by atoms with Gasteiger partial charge in [0.05, 0.1) is 42.2 Å². The number of carbonyl (C=O) groups excluding carboxylic acids is 2. The average Bonchev–Trinajstić information content (AvgIpc) is 3.59. The van der Waals surface area contributed by atoms with E-state index < -0.39 is 11.8 Å². The van der Waals surface area contributed by atoms with Gasteiger partial charge in [0, 0.05) is 11.8 Å². The van der Waals surface area contributed by atoms with Crippen LogP contribution in [0.25, 0.3) is 27.2 Å². The maximum absolute atomic E-state index is 13.2. The van der Waals surface area contributed by atoms with Crippen LogP contribution in [0.1, 0.15) is 10.4 Å². The summed E-state index contributed by atoms with van der Waals surface area (Å²) in [4.78, 5) is 30.1. The number of thiazole rings is 1. The number of rotatable bonds is 8. The molecule has 5 rings (SSSR count). The van der Waals surface area contributed by atoms with Crippen LogP contribution >= 0.6 is 11.3 Å². The lowest BCUT2D eigenvalue weighted by atomic mass is 10.1. The number of hydrazine groups is 1. The predicted molar refractivity (Wildman–Crippen MR) is 146 cm³/mol. The first-order chi connectivity index (χ1) is 18.6. The number of nitrogens with zero attached hydrogens (tertiary/aromatic N) is 3. The van der Waals surface area contributed by atoms with E-state index in [-0.39, 0.29) is 12.1 Å². The van der Waals surface area contributed by atoms with Crippen molar-refractivity contribution in [1.82, 2.24) is 25.6 Å². The van der Waals surface area contributed by atoms with E-state index in [0.29, 0.717) is 27.9 Å². The van der Waals surface area contributed by atoms with Crippen LogP contribution in [0.15, 0.2) is 79.0 Å². The van der Waals surface area contributed by atoms with E-state index in [1.807, 2.05) is 54.6 Å². The van der Waals surface area contributed by atoms with Crippen LogP contribution in [0.4, 0.5) is 5.13 Å². The number of hydrogen-bond acceptors (Lipinski definition) is 8. The van der Waals surface area contributed by atoms with E-state index in [1.165, 1.54) is 18.4 Å². The molecule has 0 bridgehead atoms. The van der Waals surface area contributed by atoms with Gasteiger partial charge in [-0.2, -0.15) is 5.10 Å². The van der Waals surface area contributed by atoms with Crippen LogP contribution in [0, 0.1) is 0 Å². The highest BCUT2D eigenvalue weighted by Crippen LogP contribution is 2.33. The van der Waals surface area contributed by atoms with Crippen molar-refractivity contribution in [1.29, 1.82) is 0 Å². The molecular weight excluding hydrogens is 504 g/mol. The summed E-state index contributed by atoms with van der Waals surface area (Å²) in [5, 5.41) is 8.26. The fraction of sp³-hybridized carbons (Fsp3) is 0.111. The number of fused-ring (bicyclic) bond motifs is 1. The molecule has 2 amide bonds. The molecule has 0 aliphatic rings. The van der Waals surface area contributed by atoms with Gasteiger partial charge in [0.25, 0.3) is 11.8 Å². The third-order valence-electron chi connectivity index (χ3n) is 5.65. The first-order valence-electron chi connectivity index (χ1n) is 11.6. The van der Waals surface area contributed by atoms with Gasteiger partial charge in [-0.15, -0.1) is 0 Å². The van der Waals surface area contributed by atoms with Gasteiger partial charge in [0.15, 0.2) is 16.6 Å². The first kappa shape index (κ1) is 24.8. The summed E-state index contributed by atoms with van der Waals surface area (Å²) < 4.78 is 13.4. The highest BCUT2D eigenvalue weighted by Gasteiger charge is 2.20. The molecule has 11 heteroatoms. The van der Waals surface area contributed by atoms with Crippen molar-refractivity contribution in [3.05, 3.63) is 84.6 Å². The summed E-state index contributed by atoms with van der Waals surface area (Å²) in [5.74, 6) is 0.100. The molecule has 2 aromatic heterocycles. The lowest BCUT2D eigenvalue weighted by molar-refractivity contribution is -0.120. The number of ether oxygens (including phenoxy) is 2. The summed E-state index contributed by atoms with van der Waals surface area (Å²) in [7, 11) is 3.09. The number of hydrogen-bond donors (Lipinski definition) is 3. The SMILES string of the molecule is COc1ccc(-c2nn(-c3ccccc3)cc2C(=O)NNC(=O)CNc2nc3ccccc3s2)cc1OC. The number of carbonyl (C=O) groups is 2. The normalized spacial score (nSPS) is 10.7. The number of para-hydroxylation sites is 2. The molecule has 3 aromatic carbocycles. The Bertz CT molecular complexity index is 1560. The summed E-state index contributed by atoms with van der Waals surface area (Å²) in [5.41, 5.74) is 7.88. The van der Waals surface area contributed by atoms with E-state index in [4.69, 9.17) is 9.47 Å². The van der Waals surface area contributed by atoms with Crippen LogP contribution in [-0.4, -0.2) is 47.3 Å². The Kier molecular flexibility index (Phi) is 7.18. The van der Waals surface area contributed by atoms with Crippen molar-refractivity contribution in [2.24, 2.45) is 0 Å². The highest BCUT2D eigenvalue weighted by molar-refractivity contribution is 7.22. The van der Waals surface area contributed by atoms with E-state index >= 15 is 0 Å². The molecular formula is C27H24N6O4S. The fourth-order valence-corrected chi connectivity index (χ4v) is 4.65. The quantitative estimate of drug-likeness (QED) is 0.260. The van der Waals surface area contributed by atoms with Gasteiger partial charge in [-0.3, -0.25) is 20.4 Å². The van der Waals surface area contributed by atoms with Gasteiger partial charge in [-0.05, 0) is 42.5 Å². The first-order valence-corrected chi connectivity index (χ1v) is 12.4. The van der Waals surface area contributed by atoms with Crippen molar-refractivity contribution >= 4 is 38.5 Å². The number of nitrogens with one attached hydrogen (secondary N) is 3. The summed E-state index contributed by atoms with van der Waals surface area (Å²) in [6.07, 6.45) is 1.61. The predicted octanol–water partition coefficient (Wildman–Crippen LogP) is 4.04. The Hall–Kier alpha value is -4.90. The van der Waals surface area contributed by atoms with Gasteiger partial charge in [0.1, 0.15) is 5.69 Å². The minimum absolute atomic E-state index is 0.0636. The minimum Gasteiger partial charge on any atom is -0.493 e. The Balaban J connectivity index is 1.33. The number of aromatic nitrogens is 3. The Morgan fingerprint density at radius 2 is 1.68 bits per heavy atom. The van der Waals surface area contributed by atoms with Crippen molar-refractivity contribution in [2.75, 3.05) is 26.1 Å². The molecule has 0 saturated heterocycles. The van der Waals surface area contributed by atoms with Crippen molar-refractivity contribution in [3.63, 3.8) is 0 Å². The molecule has 0 aliphatic heterocycles. The Morgan fingerprint density at radius 3 is 2.45 bits per heavy atom. The topological polar surface area (TPSA) is 119 Å². The third kappa shape index (κ3) is 5.27. The Morgan fingerprint density at radius 1 is 0.921 bits per heavy atom. The van der Waals surface area contributed by atoms with Gasteiger partial charge < -0.3 is 14.8 Å². The van der Waals surface area contributed by atoms with Crippen molar-refractivity contribution in [3.8, 4) is 28.4 Å². The maximum atomic E-state index is 13.2. The summed E-state index contributed by atoms with van der Waals surface area (Å²) >= 11 is 1.45. The molecule has 2 heterocycles. The van der Waals surface area contributed by atoms with Gasteiger partial charge in [-0.25, -0.2) is 9.67 Å². The Labute approximate surface area is 222 Å². The summed E-state index contributed by atoms with van der Waals surface area (Å²) in [6, 6.07) is 22.4. The molecule has 0 saturated carbocycles. The zero-order valence-corrected chi connectivity index (χ0v) is 21.4. The van der Waals surface area contributed by atoms with Crippen LogP contribution in [0.2, 0.25) is 0 Å². The number of anilines is 1. The van der Waals surface area contributed by atoms with Crippen LogP contribution < -0.4 is 25.6 Å². The molecule has 0 spiro atoms. The molecule has 0 aliphatic carbocycles. The lowest BCUT2D eigenvalue weighted by Gasteiger charge is -2.10. The molecule has 0 fully saturated rings. The lowest BCUT2D eigenvalue weighted by Crippen LogP contribution is -2.44. The standard InChI is InChI=1S/C27H24N6O4S/c1-36-21-13-12-17(14-22(21)37-2)25-19(16-33(32-25)18-8-4-3-5-9-18)26(35)31-30-24(34)15-28-27-29-20-10-6-7-11-23(20)38-27/h3-14,16H,15H2,1-2H3,(H,28,29)(H,30,34)(H,31,35). The second-order valence-electron chi connectivity index (χ2n) is 8.08. The third-order valence-corrected chi connectivity index (χ3v) is 6.64. The van der Waals surface area contributed by atoms with Gasteiger partial charge >= 0.3 is 0 Å². The van der Waals surface area contributed by atoms with Crippen molar-refractivity contribution in [2.45, 2.75) is 0 Å². The van der Waals surface area contributed by atoms with Crippen molar-refractivity contribution < 1.29 is 19.1 Å². The van der Waals surface area contributed by atoms with E-state index in [1.54, 1.807) is 36.2 Å². The molecule has 0 atom stereocenters. The molecule has 3 N–H and O–H groups in total. The molecule has 0 radical (unpaired) electrons. The second kappa shape index (κ2) is 11.0. The zero-order chi connectivity index (χ0) is 26.5. The average molecular weight is 529 g/mol. The molecule has 38 heavy (non-hydrogen) atoms. The molecule has 10 nitrogen and oxygen atoms in total. The van der Waals surface area contributed by atoms with Crippen LogP contribution in [0.5, 0.6) is 11.5 Å². The number of methoxy groups -OCH3 is 2. The van der Waals surface area contributed by atoms with Gasteiger partial charge in [-0.1, -0.05) is 41.7 Å². The monoisotopic (exact) mass is 528 g/mol. The highest BCUT2D eigenvalue weighted by atomic mass is 32.1.